The maximum atomic E-state index is 12.3. The highest BCUT2D eigenvalue weighted by Crippen LogP contribution is 2.34. The molecule has 1 aliphatic heterocycles. The molecule has 0 bridgehead atoms. The molecule has 2 rings (SSSR count). The summed E-state index contributed by atoms with van der Waals surface area (Å²) in [7, 11) is -3.90. The molecule has 1 saturated heterocycles. The van der Waals surface area contributed by atoms with Gasteiger partial charge in [0.1, 0.15) is 11.5 Å². The van der Waals surface area contributed by atoms with Gasteiger partial charge in [-0.05, 0) is 6.92 Å². The van der Waals surface area contributed by atoms with E-state index in [1.54, 1.807) is 0 Å². The molecule has 0 radical (unpaired) electrons. The standard InChI is InChI=1S/C11H12N4O7S/c1-7-5-8(13-22-7)11(9(17)18,12-6-16)14-3-4-15(10(14)19)23(2,20)21/h5H,3-4H2,1-2H3,(H,17,18). The minimum absolute atomic E-state index is 0.221. The summed E-state index contributed by atoms with van der Waals surface area (Å²) < 4.78 is 28.4. The van der Waals surface area contributed by atoms with Crippen LogP contribution in [0.4, 0.5) is 4.79 Å². The number of aryl methyl sites for hydroxylation is 1. The second-order valence-electron chi connectivity index (χ2n) is 4.77. The number of sulfonamides is 1. The first kappa shape index (κ1) is 16.6. The van der Waals surface area contributed by atoms with Gasteiger partial charge in [0.05, 0.1) is 12.8 Å². The predicted octanol–water partition coefficient (Wildman–Crippen LogP) is -0.747. The van der Waals surface area contributed by atoms with E-state index in [4.69, 9.17) is 4.52 Å². The van der Waals surface area contributed by atoms with Gasteiger partial charge in [-0.1, -0.05) is 5.16 Å². The fourth-order valence-electron chi connectivity index (χ4n) is 2.25. The fraction of sp³-hybridized carbons (Fsp3) is 0.455. The highest BCUT2D eigenvalue weighted by atomic mass is 32.2. The molecule has 12 heteroatoms. The first-order valence-corrected chi connectivity index (χ1v) is 8.05. The van der Waals surface area contributed by atoms with Gasteiger partial charge in [-0.15, -0.1) is 0 Å². The summed E-state index contributed by atoms with van der Waals surface area (Å²) in [5, 5.41) is 13.1. The molecule has 11 nitrogen and oxygen atoms in total. The molecular formula is C11H12N4O7S. The topological polar surface area (TPSA) is 150 Å². The van der Waals surface area contributed by atoms with Gasteiger partial charge in [-0.3, -0.25) is 4.90 Å². The Labute approximate surface area is 130 Å². The Balaban J connectivity index is 2.62. The molecule has 1 unspecified atom stereocenters. The lowest BCUT2D eigenvalue weighted by Crippen LogP contribution is -2.53. The molecule has 23 heavy (non-hydrogen) atoms. The Morgan fingerprint density at radius 3 is 2.57 bits per heavy atom. The lowest BCUT2D eigenvalue weighted by molar-refractivity contribution is -0.149. The number of isocyanates is 1. The maximum Gasteiger partial charge on any atom is 0.360 e. The zero-order valence-corrected chi connectivity index (χ0v) is 12.9. The summed E-state index contributed by atoms with van der Waals surface area (Å²) in [6.45, 7) is 0.898. The van der Waals surface area contributed by atoms with Crippen LogP contribution in [0.25, 0.3) is 0 Å². The molecule has 1 N–H and O–H groups in total. The van der Waals surface area contributed by atoms with Crippen LogP contribution in [0.1, 0.15) is 11.5 Å². The van der Waals surface area contributed by atoms with Crippen molar-refractivity contribution in [3.05, 3.63) is 17.5 Å². The van der Waals surface area contributed by atoms with Crippen molar-refractivity contribution < 1.29 is 32.4 Å². The number of carbonyl (C=O) groups is 2. The van der Waals surface area contributed by atoms with Crippen molar-refractivity contribution in [3.8, 4) is 0 Å². The van der Waals surface area contributed by atoms with Crippen molar-refractivity contribution in [2.75, 3.05) is 19.3 Å². The van der Waals surface area contributed by atoms with E-state index in [2.05, 4.69) is 10.1 Å². The molecule has 0 spiro atoms. The Hall–Kier alpha value is -2.72. The molecule has 1 atom stereocenters. The smallest absolute Gasteiger partial charge is 0.360 e. The van der Waals surface area contributed by atoms with Crippen molar-refractivity contribution in [2.24, 2.45) is 4.99 Å². The highest BCUT2D eigenvalue weighted by Gasteiger charge is 2.56. The number of aromatic nitrogens is 1. The molecule has 1 aromatic rings. The molecule has 0 aromatic carbocycles. The SMILES string of the molecule is Cc1cc(C(N=C=O)(C(=O)O)N2CCN(S(C)(=O)=O)C2=O)no1. The lowest BCUT2D eigenvalue weighted by atomic mass is 10.0. The number of aliphatic carboxylic acids is 1. The average Bonchev–Trinajstić information content (AvgIpc) is 3.02. The number of rotatable bonds is 5. The molecule has 1 aliphatic rings. The Morgan fingerprint density at radius 1 is 1.52 bits per heavy atom. The normalized spacial score (nSPS) is 17.7. The molecule has 1 aromatic heterocycles. The van der Waals surface area contributed by atoms with Crippen LogP contribution in [0.2, 0.25) is 0 Å². The quantitative estimate of drug-likeness (QED) is 0.541. The molecule has 2 amide bonds. The van der Waals surface area contributed by atoms with E-state index in [0.717, 1.165) is 12.3 Å². The summed E-state index contributed by atoms with van der Waals surface area (Å²) >= 11 is 0. The van der Waals surface area contributed by atoms with E-state index >= 15 is 0 Å². The van der Waals surface area contributed by atoms with Crippen LogP contribution in [0.15, 0.2) is 15.6 Å². The van der Waals surface area contributed by atoms with Crippen LogP contribution < -0.4 is 0 Å². The summed E-state index contributed by atoms with van der Waals surface area (Å²) in [4.78, 5) is 38.7. The van der Waals surface area contributed by atoms with Gasteiger partial charge in [0.2, 0.25) is 16.1 Å². The van der Waals surface area contributed by atoms with E-state index in [9.17, 15) is 27.9 Å². The van der Waals surface area contributed by atoms with Gasteiger partial charge in [-0.2, -0.15) is 4.99 Å². The van der Waals surface area contributed by atoms with Gasteiger partial charge in [0.25, 0.3) is 5.66 Å². The van der Waals surface area contributed by atoms with Crippen molar-refractivity contribution in [1.29, 1.82) is 0 Å². The molecular weight excluding hydrogens is 332 g/mol. The molecule has 1 fully saturated rings. The van der Waals surface area contributed by atoms with Gasteiger partial charge in [0.15, 0.2) is 0 Å². The third-order valence-electron chi connectivity index (χ3n) is 3.25. The summed E-state index contributed by atoms with van der Waals surface area (Å²) in [5.74, 6) is -1.48. The van der Waals surface area contributed by atoms with Gasteiger partial charge >= 0.3 is 12.0 Å². The van der Waals surface area contributed by atoms with E-state index in [0.29, 0.717) is 9.21 Å². The second-order valence-corrected chi connectivity index (χ2v) is 6.68. The maximum absolute atomic E-state index is 12.3. The monoisotopic (exact) mass is 344 g/mol. The molecule has 124 valence electrons. The van der Waals surface area contributed by atoms with E-state index in [-0.39, 0.29) is 24.5 Å². The number of amides is 2. The zero-order valence-electron chi connectivity index (χ0n) is 12.1. The minimum atomic E-state index is -3.90. The van der Waals surface area contributed by atoms with Crippen LogP contribution in [0.5, 0.6) is 0 Å². The van der Waals surface area contributed by atoms with E-state index in [1.807, 2.05) is 0 Å². The van der Waals surface area contributed by atoms with Crippen molar-refractivity contribution >= 4 is 28.1 Å². The molecule has 0 aliphatic carbocycles. The Kier molecular flexibility index (Phi) is 3.97. The number of hydrogen-bond donors (Lipinski definition) is 1. The largest absolute Gasteiger partial charge is 0.478 e. The summed E-state index contributed by atoms with van der Waals surface area (Å²) in [5.41, 5.74) is -2.88. The predicted molar refractivity (Wildman–Crippen MR) is 72.3 cm³/mol. The summed E-state index contributed by atoms with van der Waals surface area (Å²) in [6, 6.07) is 0.0558. The number of urea groups is 1. The zero-order chi connectivity index (χ0) is 17.4. The number of nitrogens with zero attached hydrogens (tertiary/aromatic N) is 4. The second kappa shape index (κ2) is 5.48. The fourth-order valence-corrected chi connectivity index (χ4v) is 3.05. The highest BCUT2D eigenvalue weighted by molar-refractivity contribution is 7.88. The Morgan fingerprint density at radius 2 is 2.17 bits per heavy atom. The van der Waals surface area contributed by atoms with Crippen LogP contribution in [0, 0.1) is 6.92 Å². The number of carboxylic acids is 1. The average molecular weight is 344 g/mol. The van der Waals surface area contributed by atoms with Gasteiger partial charge in [0, 0.05) is 12.6 Å². The third kappa shape index (κ3) is 2.58. The van der Waals surface area contributed by atoms with Crippen molar-refractivity contribution in [2.45, 2.75) is 12.6 Å². The van der Waals surface area contributed by atoms with E-state index in [1.165, 1.54) is 13.0 Å². The number of hydrogen-bond acceptors (Lipinski definition) is 8. The number of aliphatic imine (C=N–C) groups is 1. The molecule has 2 heterocycles. The van der Waals surface area contributed by atoms with Crippen molar-refractivity contribution in [3.63, 3.8) is 0 Å². The molecule has 0 saturated carbocycles. The van der Waals surface area contributed by atoms with Crippen LogP contribution in [-0.4, -0.2) is 65.3 Å². The first-order valence-electron chi connectivity index (χ1n) is 6.20. The lowest BCUT2D eigenvalue weighted by Gasteiger charge is -2.30. The first-order chi connectivity index (χ1) is 10.6. The van der Waals surface area contributed by atoms with E-state index < -0.39 is 27.7 Å². The van der Waals surface area contributed by atoms with Crippen LogP contribution >= 0.6 is 0 Å². The third-order valence-corrected chi connectivity index (χ3v) is 4.39. The van der Waals surface area contributed by atoms with Crippen molar-refractivity contribution in [1.82, 2.24) is 14.4 Å². The van der Waals surface area contributed by atoms with Crippen LogP contribution in [0.3, 0.4) is 0 Å². The van der Waals surface area contributed by atoms with Crippen LogP contribution in [-0.2, 0) is 25.3 Å². The summed E-state index contributed by atoms with van der Waals surface area (Å²) in [6.07, 6.45) is 1.91. The Bertz CT molecular complexity index is 806. The van der Waals surface area contributed by atoms with Gasteiger partial charge in [-0.25, -0.2) is 27.1 Å². The number of carboxylic acid groups (broad SMARTS) is 1. The minimum Gasteiger partial charge on any atom is -0.478 e. The van der Waals surface area contributed by atoms with Gasteiger partial charge < -0.3 is 9.63 Å². The number of carbonyl (C=O) groups excluding carboxylic acids is 2.